The summed E-state index contributed by atoms with van der Waals surface area (Å²) in [4.78, 5) is 24.2. The highest BCUT2D eigenvalue weighted by Crippen LogP contribution is 2.22. The van der Waals surface area contributed by atoms with Crippen LogP contribution in [0.1, 0.15) is 10.4 Å². The molecule has 126 valence electrons. The average molecular weight is 334 g/mol. The van der Waals surface area contributed by atoms with Gasteiger partial charge in [-0.2, -0.15) is 0 Å². The molecule has 0 aromatic heterocycles. The quantitative estimate of drug-likeness (QED) is 0.753. The van der Waals surface area contributed by atoms with E-state index in [0.717, 1.165) is 16.5 Å². The van der Waals surface area contributed by atoms with E-state index < -0.39 is 0 Å². The molecule has 3 aromatic rings. The second kappa shape index (κ2) is 7.49. The zero-order valence-electron chi connectivity index (χ0n) is 13.8. The van der Waals surface area contributed by atoms with Crippen molar-refractivity contribution in [2.24, 2.45) is 0 Å². The van der Waals surface area contributed by atoms with Crippen molar-refractivity contribution in [3.8, 4) is 5.75 Å². The third kappa shape index (κ3) is 3.95. The van der Waals surface area contributed by atoms with E-state index in [1.54, 1.807) is 31.4 Å². The molecule has 0 radical (unpaired) electrons. The van der Waals surface area contributed by atoms with Crippen LogP contribution >= 0.6 is 0 Å². The SMILES string of the molecule is COc1ccc(C(=O)NCC(=O)Nc2cccc3ccccc23)cc1. The van der Waals surface area contributed by atoms with Gasteiger partial charge < -0.3 is 15.4 Å². The van der Waals surface area contributed by atoms with Gasteiger partial charge in [0.15, 0.2) is 0 Å². The number of nitrogens with one attached hydrogen (secondary N) is 2. The molecule has 5 heteroatoms. The smallest absolute Gasteiger partial charge is 0.251 e. The fourth-order valence-corrected chi connectivity index (χ4v) is 2.53. The van der Waals surface area contributed by atoms with E-state index in [4.69, 9.17) is 4.74 Å². The first-order chi connectivity index (χ1) is 12.2. The number of carbonyl (C=O) groups excluding carboxylic acids is 2. The summed E-state index contributed by atoms with van der Waals surface area (Å²) in [6, 6.07) is 20.2. The summed E-state index contributed by atoms with van der Waals surface area (Å²) in [6.45, 7) is -0.103. The van der Waals surface area contributed by atoms with Gasteiger partial charge in [0.05, 0.1) is 13.7 Å². The molecule has 0 aliphatic carbocycles. The number of ether oxygens (including phenoxy) is 1. The first kappa shape index (κ1) is 16.5. The van der Waals surface area contributed by atoms with Crippen LogP contribution in [0.5, 0.6) is 5.75 Å². The van der Waals surface area contributed by atoms with E-state index in [1.807, 2.05) is 42.5 Å². The van der Waals surface area contributed by atoms with Gasteiger partial charge in [-0.25, -0.2) is 0 Å². The molecule has 0 fully saturated rings. The summed E-state index contributed by atoms with van der Waals surface area (Å²) in [5.74, 6) is 0.0826. The fraction of sp³-hybridized carbons (Fsp3) is 0.100. The van der Waals surface area contributed by atoms with E-state index in [-0.39, 0.29) is 18.4 Å². The standard InChI is InChI=1S/C20H18N2O3/c1-25-16-11-9-15(10-12-16)20(24)21-13-19(23)22-18-8-4-6-14-5-2-3-7-17(14)18/h2-12H,13H2,1H3,(H,21,24)(H,22,23). The number of rotatable bonds is 5. The van der Waals surface area contributed by atoms with Crippen molar-refractivity contribution >= 4 is 28.3 Å². The molecule has 0 heterocycles. The van der Waals surface area contributed by atoms with Crippen LogP contribution in [0, 0.1) is 0 Å². The van der Waals surface area contributed by atoms with Gasteiger partial charge in [0.1, 0.15) is 5.75 Å². The minimum atomic E-state index is -0.310. The maximum absolute atomic E-state index is 12.1. The summed E-state index contributed by atoms with van der Waals surface area (Å²) in [5, 5.41) is 7.45. The molecular weight excluding hydrogens is 316 g/mol. The molecule has 2 N–H and O–H groups in total. The zero-order chi connectivity index (χ0) is 17.6. The molecule has 0 saturated heterocycles. The van der Waals surface area contributed by atoms with Gasteiger partial charge in [-0.15, -0.1) is 0 Å². The van der Waals surface area contributed by atoms with Crippen LogP contribution in [0.25, 0.3) is 10.8 Å². The molecular formula is C20H18N2O3. The van der Waals surface area contributed by atoms with Crippen LogP contribution in [0.4, 0.5) is 5.69 Å². The molecule has 0 bridgehead atoms. The Balaban J connectivity index is 1.61. The number of hydrogen-bond donors (Lipinski definition) is 2. The number of benzene rings is 3. The van der Waals surface area contributed by atoms with E-state index in [9.17, 15) is 9.59 Å². The molecule has 5 nitrogen and oxygen atoms in total. The highest BCUT2D eigenvalue weighted by Gasteiger charge is 2.09. The summed E-state index contributed by atoms with van der Waals surface area (Å²) < 4.78 is 5.05. The Hall–Kier alpha value is -3.34. The van der Waals surface area contributed by atoms with Crippen LogP contribution < -0.4 is 15.4 Å². The van der Waals surface area contributed by atoms with Crippen LogP contribution in [0.15, 0.2) is 66.7 Å². The van der Waals surface area contributed by atoms with E-state index in [1.165, 1.54) is 0 Å². The van der Waals surface area contributed by atoms with Gasteiger partial charge in [-0.1, -0.05) is 36.4 Å². The summed E-state index contributed by atoms with van der Waals surface area (Å²) in [5.41, 5.74) is 1.19. The predicted molar refractivity (Wildman–Crippen MR) is 97.9 cm³/mol. The summed E-state index contributed by atoms with van der Waals surface area (Å²) in [6.07, 6.45) is 0. The molecule has 3 aromatic carbocycles. The largest absolute Gasteiger partial charge is 0.497 e. The molecule has 0 aliphatic heterocycles. The highest BCUT2D eigenvalue weighted by atomic mass is 16.5. The van der Waals surface area contributed by atoms with E-state index in [0.29, 0.717) is 11.3 Å². The third-order valence-electron chi connectivity index (χ3n) is 3.83. The lowest BCUT2D eigenvalue weighted by Gasteiger charge is -2.10. The Morgan fingerprint density at radius 2 is 1.64 bits per heavy atom. The number of amides is 2. The molecule has 0 saturated carbocycles. The van der Waals surface area contributed by atoms with Crippen molar-refractivity contribution < 1.29 is 14.3 Å². The van der Waals surface area contributed by atoms with Crippen LogP contribution in [0.2, 0.25) is 0 Å². The number of anilines is 1. The number of hydrogen-bond acceptors (Lipinski definition) is 3. The van der Waals surface area contributed by atoms with Crippen molar-refractivity contribution in [1.29, 1.82) is 0 Å². The van der Waals surface area contributed by atoms with Gasteiger partial charge in [0.25, 0.3) is 5.91 Å². The van der Waals surface area contributed by atoms with Crippen LogP contribution in [0.3, 0.4) is 0 Å². The number of fused-ring (bicyclic) bond motifs is 1. The topological polar surface area (TPSA) is 67.4 Å². The third-order valence-corrected chi connectivity index (χ3v) is 3.83. The molecule has 0 aliphatic rings. The molecule has 0 unspecified atom stereocenters. The predicted octanol–water partition coefficient (Wildman–Crippen LogP) is 3.22. The van der Waals surface area contributed by atoms with Gasteiger partial charge in [-0.3, -0.25) is 9.59 Å². The molecule has 0 spiro atoms. The second-order valence-electron chi connectivity index (χ2n) is 5.49. The lowest BCUT2D eigenvalue weighted by atomic mass is 10.1. The normalized spacial score (nSPS) is 10.3. The van der Waals surface area contributed by atoms with Gasteiger partial charge in [0.2, 0.25) is 5.91 Å². The Kier molecular flexibility index (Phi) is 4.95. The van der Waals surface area contributed by atoms with E-state index in [2.05, 4.69) is 10.6 Å². The van der Waals surface area contributed by atoms with Crippen molar-refractivity contribution in [2.75, 3.05) is 19.0 Å². The minimum Gasteiger partial charge on any atom is -0.497 e. The fourth-order valence-electron chi connectivity index (χ4n) is 2.53. The Morgan fingerprint density at radius 1 is 0.920 bits per heavy atom. The molecule has 25 heavy (non-hydrogen) atoms. The first-order valence-electron chi connectivity index (χ1n) is 7.87. The average Bonchev–Trinajstić information content (AvgIpc) is 2.66. The number of methoxy groups -OCH3 is 1. The lowest BCUT2D eigenvalue weighted by Crippen LogP contribution is -2.32. The molecule has 3 rings (SSSR count). The lowest BCUT2D eigenvalue weighted by molar-refractivity contribution is -0.115. The summed E-state index contributed by atoms with van der Waals surface area (Å²) in [7, 11) is 1.56. The van der Waals surface area contributed by atoms with Crippen molar-refractivity contribution in [2.45, 2.75) is 0 Å². The second-order valence-corrected chi connectivity index (χ2v) is 5.49. The zero-order valence-corrected chi connectivity index (χ0v) is 13.8. The summed E-state index contributed by atoms with van der Waals surface area (Å²) >= 11 is 0. The number of carbonyl (C=O) groups is 2. The minimum absolute atomic E-state index is 0.103. The molecule has 0 atom stereocenters. The Labute approximate surface area is 145 Å². The van der Waals surface area contributed by atoms with Crippen molar-refractivity contribution in [1.82, 2.24) is 5.32 Å². The van der Waals surface area contributed by atoms with Gasteiger partial charge in [0, 0.05) is 16.6 Å². The van der Waals surface area contributed by atoms with Crippen LogP contribution in [-0.2, 0) is 4.79 Å². The van der Waals surface area contributed by atoms with Crippen LogP contribution in [-0.4, -0.2) is 25.5 Å². The Morgan fingerprint density at radius 3 is 2.40 bits per heavy atom. The van der Waals surface area contributed by atoms with Gasteiger partial charge >= 0.3 is 0 Å². The monoisotopic (exact) mass is 334 g/mol. The maximum Gasteiger partial charge on any atom is 0.251 e. The molecule has 2 amide bonds. The van der Waals surface area contributed by atoms with Gasteiger partial charge in [-0.05, 0) is 35.7 Å². The first-order valence-corrected chi connectivity index (χ1v) is 7.87. The highest BCUT2D eigenvalue weighted by molar-refractivity contribution is 6.04. The van der Waals surface area contributed by atoms with E-state index >= 15 is 0 Å². The van der Waals surface area contributed by atoms with Crippen molar-refractivity contribution in [3.05, 3.63) is 72.3 Å². The van der Waals surface area contributed by atoms with Crippen molar-refractivity contribution in [3.63, 3.8) is 0 Å². The maximum atomic E-state index is 12.1. The Bertz CT molecular complexity index is 899.